The van der Waals surface area contributed by atoms with Crippen LogP contribution in [0.2, 0.25) is 0 Å². The highest BCUT2D eigenvalue weighted by molar-refractivity contribution is 5.94. The first-order valence-corrected chi connectivity index (χ1v) is 8.05. The fourth-order valence-corrected chi connectivity index (χ4v) is 2.14. The second-order valence-electron chi connectivity index (χ2n) is 5.59. The van der Waals surface area contributed by atoms with Crippen molar-refractivity contribution in [3.63, 3.8) is 0 Å². The van der Waals surface area contributed by atoms with Gasteiger partial charge < -0.3 is 19.9 Å². The first-order chi connectivity index (χ1) is 12.5. The molecule has 2 rings (SSSR count). The Hall–Kier alpha value is -3.28. The Labute approximate surface area is 152 Å². The Morgan fingerprint density at radius 2 is 1.92 bits per heavy atom. The van der Waals surface area contributed by atoms with Gasteiger partial charge in [-0.15, -0.1) is 0 Å². The van der Waals surface area contributed by atoms with Gasteiger partial charge in [-0.25, -0.2) is 4.79 Å². The summed E-state index contributed by atoms with van der Waals surface area (Å²) in [7, 11) is 1.44. The van der Waals surface area contributed by atoms with Gasteiger partial charge in [0.15, 0.2) is 11.5 Å². The largest absolute Gasteiger partial charge is 0.504 e. The molecule has 0 saturated carbocycles. The number of phenolic OH excluding ortho intramolecular Hbond substituents is 1. The first-order valence-electron chi connectivity index (χ1n) is 8.05. The molecule has 0 heterocycles. The predicted molar refractivity (Wildman–Crippen MR) is 97.5 cm³/mol. The number of rotatable bonds is 7. The van der Waals surface area contributed by atoms with E-state index in [0.29, 0.717) is 11.3 Å². The monoisotopic (exact) mass is 355 g/mol. The minimum Gasteiger partial charge on any atom is -0.504 e. The van der Waals surface area contributed by atoms with Crippen molar-refractivity contribution in [2.45, 2.75) is 19.6 Å². The fourth-order valence-electron chi connectivity index (χ4n) is 2.14. The Morgan fingerprint density at radius 1 is 1.19 bits per heavy atom. The van der Waals surface area contributed by atoms with E-state index in [9.17, 15) is 14.7 Å². The van der Waals surface area contributed by atoms with Gasteiger partial charge in [0, 0.05) is 6.08 Å². The molecule has 0 saturated heterocycles. The van der Waals surface area contributed by atoms with Gasteiger partial charge in [0.25, 0.3) is 0 Å². The number of aromatic hydroxyl groups is 1. The van der Waals surface area contributed by atoms with E-state index in [1.165, 1.54) is 19.3 Å². The van der Waals surface area contributed by atoms with E-state index in [1.807, 2.05) is 30.3 Å². The SMILES string of the molecule is COc1cc(/C=C/C(=O)N[C@@H](C)C(=O)OCc2ccccc2)ccc1O. The smallest absolute Gasteiger partial charge is 0.328 e. The molecule has 2 aromatic carbocycles. The van der Waals surface area contributed by atoms with E-state index in [2.05, 4.69) is 5.32 Å². The maximum absolute atomic E-state index is 11.9. The summed E-state index contributed by atoms with van der Waals surface area (Å²) in [6.45, 7) is 1.71. The van der Waals surface area contributed by atoms with Crippen LogP contribution in [-0.2, 0) is 20.9 Å². The van der Waals surface area contributed by atoms with Crippen LogP contribution in [0.1, 0.15) is 18.1 Å². The summed E-state index contributed by atoms with van der Waals surface area (Å²) in [5.41, 5.74) is 1.55. The van der Waals surface area contributed by atoms with Crippen LogP contribution in [0.25, 0.3) is 6.08 Å². The number of phenols is 1. The summed E-state index contributed by atoms with van der Waals surface area (Å²) in [5, 5.41) is 12.1. The number of carbonyl (C=O) groups is 2. The molecule has 2 aromatic rings. The lowest BCUT2D eigenvalue weighted by Crippen LogP contribution is -2.38. The van der Waals surface area contributed by atoms with Gasteiger partial charge in [-0.3, -0.25) is 4.79 Å². The summed E-state index contributed by atoms with van der Waals surface area (Å²) in [4.78, 5) is 23.9. The van der Waals surface area contributed by atoms with Crippen LogP contribution in [0, 0.1) is 0 Å². The molecule has 0 spiro atoms. The molecule has 0 bridgehead atoms. The number of benzene rings is 2. The minimum atomic E-state index is -0.773. The third-order valence-corrected chi connectivity index (χ3v) is 3.57. The number of hydrogen-bond acceptors (Lipinski definition) is 5. The fraction of sp³-hybridized carbons (Fsp3) is 0.200. The number of carbonyl (C=O) groups excluding carboxylic acids is 2. The molecule has 2 N–H and O–H groups in total. The maximum atomic E-state index is 11.9. The zero-order chi connectivity index (χ0) is 18.9. The lowest BCUT2D eigenvalue weighted by Gasteiger charge is -2.12. The van der Waals surface area contributed by atoms with Gasteiger partial charge in [0.2, 0.25) is 5.91 Å². The van der Waals surface area contributed by atoms with Crippen molar-refractivity contribution < 1.29 is 24.2 Å². The van der Waals surface area contributed by atoms with Crippen molar-refractivity contribution in [2.24, 2.45) is 0 Å². The quantitative estimate of drug-likeness (QED) is 0.589. The number of ether oxygens (including phenoxy) is 2. The third-order valence-electron chi connectivity index (χ3n) is 3.57. The lowest BCUT2D eigenvalue weighted by molar-refractivity contribution is -0.148. The summed E-state index contributed by atoms with van der Waals surface area (Å²) < 4.78 is 10.2. The van der Waals surface area contributed by atoms with Crippen LogP contribution < -0.4 is 10.1 Å². The molecule has 0 fully saturated rings. The predicted octanol–water partition coefficient (Wildman–Crippen LogP) is 2.66. The zero-order valence-corrected chi connectivity index (χ0v) is 14.6. The number of esters is 1. The molecule has 0 aliphatic carbocycles. The molecular formula is C20H21NO5. The molecular weight excluding hydrogens is 334 g/mol. The summed E-state index contributed by atoms with van der Waals surface area (Å²) >= 11 is 0. The normalized spacial score (nSPS) is 11.8. The molecule has 0 aliphatic heterocycles. The molecule has 0 unspecified atom stereocenters. The Balaban J connectivity index is 1.85. The van der Waals surface area contributed by atoms with E-state index in [0.717, 1.165) is 5.56 Å². The highest BCUT2D eigenvalue weighted by Crippen LogP contribution is 2.26. The van der Waals surface area contributed by atoms with Crippen molar-refractivity contribution >= 4 is 18.0 Å². The molecule has 6 heteroatoms. The topological polar surface area (TPSA) is 84.9 Å². The zero-order valence-electron chi connectivity index (χ0n) is 14.6. The molecule has 26 heavy (non-hydrogen) atoms. The second kappa shape index (κ2) is 9.27. The molecule has 0 aliphatic rings. The molecule has 0 radical (unpaired) electrons. The second-order valence-corrected chi connectivity index (χ2v) is 5.59. The van der Waals surface area contributed by atoms with Crippen molar-refractivity contribution in [1.29, 1.82) is 0 Å². The number of nitrogens with one attached hydrogen (secondary N) is 1. The van der Waals surface area contributed by atoms with E-state index in [4.69, 9.17) is 9.47 Å². The van der Waals surface area contributed by atoms with Crippen molar-refractivity contribution in [2.75, 3.05) is 7.11 Å². The van der Waals surface area contributed by atoms with Crippen molar-refractivity contribution in [3.8, 4) is 11.5 Å². The number of methoxy groups -OCH3 is 1. The lowest BCUT2D eigenvalue weighted by atomic mass is 10.2. The Bertz CT molecular complexity index is 786. The van der Waals surface area contributed by atoms with Crippen molar-refractivity contribution in [3.05, 3.63) is 65.7 Å². The number of hydrogen-bond donors (Lipinski definition) is 2. The van der Waals surface area contributed by atoms with Gasteiger partial charge in [-0.1, -0.05) is 36.4 Å². The standard InChI is InChI=1S/C20H21NO5/c1-14(20(24)26-13-16-6-4-3-5-7-16)21-19(23)11-9-15-8-10-17(22)18(12-15)25-2/h3-12,14,22H,13H2,1-2H3,(H,21,23)/b11-9+/t14-/m0/s1. The van der Waals surface area contributed by atoms with Crippen LogP contribution in [-0.4, -0.2) is 30.1 Å². The average Bonchev–Trinajstić information content (AvgIpc) is 2.66. The molecule has 1 atom stereocenters. The van der Waals surface area contributed by atoms with Gasteiger partial charge in [-0.05, 0) is 36.3 Å². The highest BCUT2D eigenvalue weighted by Gasteiger charge is 2.15. The van der Waals surface area contributed by atoms with Gasteiger partial charge in [-0.2, -0.15) is 0 Å². The van der Waals surface area contributed by atoms with E-state index in [-0.39, 0.29) is 12.4 Å². The van der Waals surface area contributed by atoms with Crippen LogP contribution in [0.4, 0.5) is 0 Å². The van der Waals surface area contributed by atoms with E-state index >= 15 is 0 Å². The first kappa shape index (κ1) is 19.1. The van der Waals surface area contributed by atoms with Gasteiger partial charge >= 0.3 is 5.97 Å². The third kappa shape index (κ3) is 5.66. The van der Waals surface area contributed by atoms with E-state index in [1.54, 1.807) is 25.1 Å². The average molecular weight is 355 g/mol. The highest BCUT2D eigenvalue weighted by atomic mass is 16.5. The maximum Gasteiger partial charge on any atom is 0.328 e. The summed E-state index contributed by atoms with van der Waals surface area (Å²) in [6.07, 6.45) is 2.85. The minimum absolute atomic E-state index is 0.0175. The van der Waals surface area contributed by atoms with Gasteiger partial charge in [0.1, 0.15) is 12.6 Å². The Morgan fingerprint density at radius 3 is 2.62 bits per heavy atom. The van der Waals surface area contributed by atoms with Crippen LogP contribution in [0.15, 0.2) is 54.6 Å². The molecule has 136 valence electrons. The summed E-state index contributed by atoms with van der Waals surface area (Å²) in [5.74, 6) is -0.614. The van der Waals surface area contributed by atoms with Gasteiger partial charge in [0.05, 0.1) is 7.11 Å². The van der Waals surface area contributed by atoms with Crippen LogP contribution >= 0.6 is 0 Å². The molecule has 0 aromatic heterocycles. The summed E-state index contributed by atoms with van der Waals surface area (Å²) in [6, 6.07) is 13.2. The molecule has 6 nitrogen and oxygen atoms in total. The van der Waals surface area contributed by atoms with Crippen LogP contribution in [0.5, 0.6) is 11.5 Å². The van der Waals surface area contributed by atoms with Crippen LogP contribution in [0.3, 0.4) is 0 Å². The Kier molecular flexibility index (Phi) is 6.79. The molecule has 1 amide bonds. The van der Waals surface area contributed by atoms with Crippen molar-refractivity contribution in [1.82, 2.24) is 5.32 Å². The number of amides is 1. The van der Waals surface area contributed by atoms with E-state index < -0.39 is 17.9 Å².